The Morgan fingerprint density at radius 2 is 1.75 bits per heavy atom. The van der Waals surface area contributed by atoms with Crippen molar-refractivity contribution < 1.29 is 26.4 Å². The molecule has 0 spiro atoms. The molecule has 7 nitrogen and oxygen atoms in total. The summed E-state index contributed by atoms with van der Waals surface area (Å²) in [6.07, 6.45) is -3.44. The number of carbonyl (C=O) groups is 1. The van der Waals surface area contributed by atoms with Crippen molar-refractivity contribution in [1.82, 2.24) is 10.3 Å². The molecule has 36 heavy (non-hydrogen) atoms. The molecule has 0 unspecified atom stereocenters. The zero-order valence-corrected chi connectivity index (χ0v) is 19.8. The highest BCUT2D eigenvalue weighted by Gasteiger charge is 2.30. The Hall–Kier alpha value is -3.83. The number of H-pyrrole nitrogens is 1. The van der Waals surface area contributed by atoms with Crippen LogP contribution in [0.3, 0.4) is 0 Å². The van der Waals surface area contributed by atoms with Crippen molar-refractivity contribution in [2.75, 3.05) is 4.72 Å². The van der Waals surface area contributed by atoms with Gasteiger partial charge in [-0.3, -0.25) is 14.3 Å². The van der Waals surface area contributed by atoms with Crippen molar-refractivity contribution in [1.29, 1.82) is 0 Å². The first-order valence-electron chi connectivity index (χ1n) is 10.3. The van der Waals surface area contributed by atoms with Crippen LogP contribution in [0.5, 0.6) is 0 Å². The molecule has 0 atom stereocenters. The number of benzene rings is 3. The highest BCUT2D eigenvalue weighted by Crippen LogP contribution is 2.31. The molecule has 0 aliphatic rings. The number of amides is 1. The van der Waals surface area contributed by atoms with Crippen LogP contribution in [0, 0.1) is 0 Å². The number of halogens is 4. The molecule has 0 bridgehead atoms. The van der Waals surface area contributed by atoms with Crippen molar-refractivity contribution in [2.24, 2.45) is 0 Å². The fourth-order valence-corrected chi connectivity index (χ4v) is 4.70. The van der Waals surface area contributed by atoms with Crippen LogP contribution in [0.15, 0.2) is 82.6 Å². The number of alkyl halides is 3. The standard InChI is InChI=1S/C24H17ClF3N3O4S/c25-20-7-2-1-4-14(20)12-30-23(33)19-13-29-21-9-8-17(11-18(21)22(19)32)36(34,35)31-16-6-3-5-15(10-16)24(26,27)28/h1-11,13,31H,12H2,(H,29,32)(H,30,33). The summed E-state index contributed by atoms with van der Waals surface area (Å²) < 4.78 is 66.6. The van der Waals surface area contributed by atoms with Crippen LogP contribution < -0.4 is 15.5 Å². The Balaban J connectivity index is 1.62. The van der Waals surface area contributed by atoms with Gasteiger partial charge in [0.1, 0.15) is 5.56 Å². The van der Waals surface area contributed by atoms with Gasteiger partial charge >= 0.3 is 6.18 Å². The second kappa shape index (κ2) is 9.67. The van der Waals surface area contributed by atoms with Crippen molar-refractivity contribution in [3.63, 3.8) is 0 Å². The van der Waals surface area contributed by atoms with E-state index in [9.17, 15) is 31.2 Å². The Labute approximate surface area is 208 Å². The van der Waals surface area contributed by atoms with Crippen LogP contribution in [-0.4, -0.2) is 19.3 Å². The van der Waals surface area contributed by atoms with E-state index in [-0.39, 0.29) is 33.6 Å². The smallest absolute Gasteiger partial charge is 0.360 e. The van der Waals surface area contributed by atoms with Gasteiger partial charge in [0, 0.05) is 34.4 Å². The summed E-state index contributed by atoms with van der Waals surface area (Å²) in [5.41, 5.74) is -1.40. The lowest BCUT2D eigenvalue weighted by atomic mass is 10.1. The van der Waals surface area contributed by atoms with Crippen LogP contribution in [0.4, 0.5) is 18.9 Å². The Morgan fingerprint density at radius 3 is 2.47 bits per heavy atom. The zero-order chi connectivity index (χ0) is 26.1. The van der Waals surface area contributed by atoms with Gasteiger partial charge in [-0.25, -0.2) is 8.42 Å². The summed E-state index contributed by atoms with van der Waals surface area (Å²) in [5.74, 6) is -0.701. The predicted molar refractivity (Wildman–Crippen MR) is 129 cm³/mol. The number of hydrogen-bond donors (Lipinski definition) is 3. The zero-order valence-electron chi connectivity index (χ0n) is 18.2. The van der Waals surface area contributed by atoms with Gasteiger partial charge in [-0.1, -0.05) is 35.9 Å². The molecular weight excluding hydrogens is 519 g/mol. The van der Waals surface area contributed by atoms with Crippen molar-refractivity contribution in [3.8, 4) is 0 Å². The maximum atomic E-state index is 13.0. The SMILES string of the molecule is O=C(NCc1ccccc1Cl)c1c[nH]c2ccc(S(=O)(=O)Nc3cccc(C(F)(F)F)c3)cc2c1=O. The second-order valence-electron chi connectivity index (χ2n) is 7.70. The molecule has 0 saturated carbocycles. The van der Waals surface area contributed by atoms with E-state index in [4.69, 9.17) is 11.6 Å². The molecule has 4 rings (SSSR count). The Bertz CT molecular complexity index is 1640. The van der Waals surface area contributed by atoms with E-state index in [1.54, 1.807) is 24.3 Å². The van der Waals surface area contributed by atoms with Gasteiger partial charge in [0.2, 0.25) is 5.43 Å². The molecule has 186 valence electrons. The Kier molecular flexibility index (Phi) is 6.79. The van der Waals surface area contributed by atoms with Gasteiger partial charge in [0.15, 0.2) is 0 Å². The summed E-state index contributed by atoms with van der Waals surface area (Å²) >= 11 is 6.07. The number of nitrogens with one attached hydrogen (secondary N) is 3. The third-order valence-corrected chi connectivity index (χ3v) is 6.99. The number of carbonyl (C=O) groups excluding carboxylic acids is 1. The maximum Gasteiger partial charge on any atom is 0.416 e. The number of aromatic amines is 1. The molecule has 1 amide bonds. The molecule has 0 aliphatic heterocycles. The molecule has 3 N–H and O–H groups in total. The number of anilines is 1. The van der Waals surface area contributed by atoms with E-state index in [0.717, 1.165) is 18.2 Å². The van der Waals surface area contributed by atoms with E-state index in [1.807, 2.05) is 0 Å². The van der Waals surface area contributed by atoms with Gasteiger partial charge in [-0.05, 0) is 48.0 Å². The average Bonchev–Trinajstić information content (AvgIpc) is 2.83. The van der Waals surface area contributed by atoms with Crippen molar-refractivity contribution in [2.45, 2.75) is 17.6 Å². The first kappa shape index (κ1) is 25.3. The van der Waals surface area contributed by atoms with E-state index in [2.05, 4.69) is 15.0 Å². The lowest BCUT2D eigenvalue weighted by Crippen LogP contribution is -2.28. The van der Waals surface area contributed by atoms with Crippen LogP contribution >= 0.6 is 11.6 Å². The first-order valence-corrected chi connectivity index (χ1v) is 12.2. The van der Waals surface area contributed by atoms with Crippen LogP contribution in [0.2, 0.25) is 5.02 Å². The third kappa shape index (κ3) is 5.37. The summed E-state index contributed by atoms with van der Waals surface area (Å²) in [5, 5.41) is 2.94. The lowest BCUT2D eigenvalue weighted by Gasteiger charge is -2.12. The van der Waals surface area contributed by atoms with E-state index in [0.29, 0.717) is 16.7 Å². The molecule has 3 aromatic carbocycles. The monoisotopic (exact) mass is 535 g/mol. The van der Waals surface area contributed by atoms with E-state index < -0.39 is 33.1 Å². The van der Waals surface area contributed by atoms with E-state index in [1.165, 1.54) is 24.4 Å². The van der Waals surface area contributed by atoms with Gasteiger partial charge in [-0.15, -0.1) is 0 Å². The summed E-state index contributed by atoms with van der Waals surface area (Å²) in [6.45, 7) is 0.0608. The van der Waals surface area contributed by atoms with Gasteiger partial charge < -0.3 is 10.3 Å². The molecule has 1 aromatic heterocycles. The highest BCUT2D eigenvalue weighted by molar-refractivity contribution is 7.92. The molecule has 0 aliphatic carbocycles. The fraction of sp³-hybridized carbons (Fsp3) is 0.0833. The van der Waals surface area contributed by atoms with Crippen LogP contribution in [0.25, 0.3) is 10.9 Å². The number of fused-ring (bicyclic) bond motifs is 1. The van der Waals surface area contributed by atoms with Gasteiger partial charge in [0.05, 0.1) is 10.5 Å². The number of hydrogen-bond acceptors (Lipinski definition) is 4. The maximum absolute atomic E-state index is 13.0. The number of rotatable bonds is 6. The van der Waals surface area contributed by atoms with Gasteiger partial charge in [0.25, 0.3) is 15.9 Å². The van der Waals surface area contributed by atoms with Crippen molar-refractivity contribution in [3.05, 3.63) is 105 Å². The van der Waals surface area contributed by atoms with Crippen LogP contribution in [0.1, 0.15) is 21.5 Å². The molecule has 0 radical (unpaired) electrons. The quantitative estimate of drug-likeness (QED) is 0.325. The normalized spacial score (nSPS) is 11.9. The minimum Gasteiger partial charge on any atom is -0.360 e. The summed E-state index contributed by atoms with van der Waals surface area (Å²) in [7, 11) is -4.35. The first-order chi connectivity index (χ1) is 17.0. The number of pyridine rings is 1. The Morgan fingerprint density at radius 1 is 1.00 bits per heavy atom. The molecule has 0 saturated heterocycles. The molecule has 0 fully saturated rings. The van der Waals surface area contributed by atoms with Crippen molar-refractivity contribution >= 4 is 44.1 Å². The molecule has 1 heterocycles. The minimum absolute atomic E-state index is 0.0608. The highest BCUT2D eigenvalue weighted by atomic mass is 35.5. The predicted octanol–water partition coefficient (Wildman–Crippen LogP) is 4.93. The lowest BCUT2D eigenvalue weighted by molar-refractivity contribution is -0.137. The molecular formula is C24H17ClF3N3O4S. The molecule has 4 aromatic rings. The van der Waals surface area contributed by atoms with Crippen LogP contribution in [-0.2, 0) is 22.7 Å². The topological polar surface area (TPSA) is 108 Å². The van der Waals surface area contributed by atoms with Gasteiger partial charge in [-0.2, -0.15) is 13.2 Å². The number of aromatic nitrogens is 1. The minimum atomic E-state index is -4.65. The summed E-state index contributed by atoms with van der Waals surface area (Å²) in [6, 6.07) is 14.1. The number of sulfonamides is 1. The second-order valence-corrected chi connectivity index (χ2v) is 9.79. The van der Waals surface area contributed by atoms with E-state index >= 15 is 0 Å². The molecule has 12 heteroatoms. The average molecular weight is 536 g/mol. The third-order valence-electron chi connectivity index (χ3n) is 5.25. The largest absolute Gasteiger partial charge is 0.416 e. The fourth-order valence-electron chi connectivity index (χ4n) is 3.42. The summed E-state index contributed by atoms with van der Waals surface area (Å²) in [4.78, 5) is 28.0.